The molecule has 0 spiro atoms. The number of hydrogen-bond donors (Lipinski definition) is 0. The predicted octanol–water partition coefficient (Wildman–Crippen LogP) is 12.8. The van der Waals surface area contributed by atoms with E-state index in [-0.39, 0.29) is 16.5 Å². The van der Waals surface area contributed by atoms with Crippen molar-refractivity contribution in [2.24, 2.45) is 0 Å². The van der Waals surface area contributed by atoms with Crippen molar-refractivity contribution in [3.8, 4) is 0 Å². The fraction of sp³-hybridized carbons (Fsp3) is 0.189. The van der Waals surface area contributed by atoms with E-state index in [1.165, 1.54) is 50.3 Å². The van der Waals surface area contributed by atoms with E-state index in [0.29, 0.717) is 0 Å². The summed E-state index contributed by atoms with van der Waals surface area (Å²) < 4.78 is 296. The SMILES string of the molecule is Cc1cc(C)c(N2[C-]=[N+](c3c(C)cc(C)cc3C)CCC2)c(C)c1.Cc1ccccc1.Fc1c(F)c(F)c([B-](c2c(F)c(F)c(F)c(F)c2F)(c2c(F)c(F)c(F)c(F)c2F)c2c(F)c(F)c(F)c(F)c2F)c(F)c1F.[Ni]. The zero-order chi connectivity index (χ0) is 56.9. The van der Waals surface area contributed by atoms with Crippen LogP contribution >= 0.6 is 0 Å². The van der Waals surface area contributed by atoms with Crippen LogP contribution < -0.4 is 26.8 Å². The van der Waals surface area contributed by atoms with Gasteiger partial charge < -0.3 is 9.48 Å². The minimum absolute atomic E-state index is 0. The molecule has 1 aliphatic rings. The van der Waals surface area contributed by atoms with Gasteiger partial charge in [-0.15, -0.1) is 21.9 Å². The Morgan fingerprint density at radius 1 is 0.364 bits per heavy atom. The van der Waals surface area contributed by atoms with Crippen LogP contribution in [0.15, 0.2) is 54.6 Å². The molecule has 0 saturated carbocycles. The van der Waals surface area contributed by atoms with Gasteiger partial charge in [-0.2, -0.15) is 0 Å². The molecule has 0 aromatic heterocycles. The average Bonchev–Trinajstić information content (AvgIpc) is 3.45. The molecule has 77 heavy (non-hydrogen) atoms. The van der Waals surface area contributed by atoms with Gasteiger partial charge in [0.15, 0.2) is 69.8 Å². The van der Waals surface area contributed by atoms with Gasteiger partial charge in [0, 0.05) is 34.3 Å². The van der Waals surface area contributed by atoms with E-state index in [1.807, 2.05) is 18.2 Å². The van der Waals surface area contributed by atoms with Crippen LogP contribution in [0.25, 0.3) is 0 Å². The van der Waals surface area contributed by atoms with Crippen molar-refractivity contribution in [3.63, 3.8) is 0 Å². The molecule has 0 bridgehead atoms. The first-order chi connectivity index (χ1) is 35.5. The van der Waals surface area contributed by atoms with Gasteiger partial charge in [-0.05, 0) is 48.5 Å². The number of aryl methyl sites for hydroxylation is 7. The van der Waals surface area contributed by atoms with Crippen LogP contribution in [-0.2, 0) is 16.5 Å². The van der Waals surface area contributed by atoms with Crippen LogP contribution in [0, 0.1) is 165 Å². The molecule has 0 saturated heterocycles. The molecular weight excluding hydrogens is 1110 g/mol. The first-order valence-electron chi connectivity index (χ1n) is 22.2. The summed E-state index contributed by atoms with van der Waals surface area (Å²) >= 11 is 0. The molecule has 1 heterocycles. The molecule has 1 aliphatic heterocycles. The first-order valence-corrected chi connectivity index (χ1v) is 22.2. The summed E-state index contributed by atoms with van der Waals surface area (Å²) in [7, 11) is 0. The molecule has 7 aromatic rings. The molecule has 0 fully saturated rings. The summed E-state index contributed by atoms with van der Waals surface area (Å²) in [6.45, 7) is 17.3. The van der Waals surface area contributed by atoms with Gasteiger partial charge in [0.2, 0.25) is 6.34 Å². The molecule has 2 nitrogen and oxygen atoms in total. The minimum atomic E-state index is -7.22. The second-order valence-electron chi connectivity index (χ2n) is 17.7. The van der Waals surface area contributed by atoms with Crippen molar-refractivity contribution in [1.29, 1.82) is 0 Å². The van der Waals surface area contributed by atoms with Gasteiger partial charge in [0.25, 0.3) is 0 Å². The molecule has 412 valence electrons. The van der Waals surface area contributed by atoms with Crippen LogP contribution in [0.5, 0.6) is 0 Å². The van der Waals surface area contributed by atoms with E-state index < -0.39 is 144 Å². The molecular formula is C53H36BF20N2Ni-. The molecule has 0 amide bonds. The monoisotopic (exact) mass is 1150 g/mol. The number of hydrogen-bond acceptors (Lipinski definition) is 1. The van der Waals surface area contributed by atoms with Crippen molar-refractivity contribution < 1.29 is 109 Å². The van der Waals surface area contributed by atoms with Gasteiger partial charge in [-0.25, -0.2) is 87.8 Å². The van der Waals surface area contributed by atoms with Gasteiger partial charge in [-0.3, -0.25) is 0 Å². The van der Waals surface area contributed by atoms with Crippen molar-refractivity contribution in [2.45, 2.75) is 54.9 Å². The Morgan fingerprint density at radius 3 is 0.883 bits per heavy atom. The molecule has 0 radical (unpaired) electrons. The third kappa shape index (κ3) is 10.7. The van der Waals surface area contributed by atoms with Crippen LogP contribution in [0.2, 0.25) is 0 Å². The Bertz CT molecular complexity index is 3070. The normalized spacial score (nSPS) is 12.4. The number of nitrogens with zero attached hydrogens (tertiary/aromatic N) is 2. The van der Waals surface area contributed by atoms with E-state index >= 15 is 35.1 Å². The van der Waals surface area contributed by atoms with Crippen molar-refractivity contribution in [3.05, 3.63) is 210 Å². The van der Waals surface area contributed by atoms with E-state index in [4.69, 9.17) is 0 Å². The Morgan fingerprint density at radius 2 is 0.623 bits per heavy atom. The Hall–Kier alpha value is -6.83. The number of benzene rings is 7. The van der Waals surface area contributed by atoms with Crippen molar-refractivity contribution in [2.75, 3.05) is 18.0 Å². The molecule has 0 N–H and O–H groups in total. The topological polar surface area (TPSA) is 6.25 Å². The quantitative estimate of drug-likeness (QED) is 0.0402. The molecule has 0 atom stereocenters. The van der Waals surface area contributed by atoms with Gasteiger partial charge in [0.1, 0.15) is 52.7 Å². The maximum atomic E-state index is 15.4. The largest absolute Gasteiger partial charge is 0.337 e. The molecule has 0 unspecified atom stereocenters. The molecule has 7 aromatic carbocycles. The maximum Gasteiger partial charge on any atom is 0.206 e. The number of rotatable bonds is 6. The smallest absolute Gasteiger partial charge is 0.206 e. The predicted molar refractivity (Wildman–Crippen MR) is 243 cm³/mol. The van der Waals surface area contributed by atoms with Crippen LogP contribution in [0.4, 0.5) is 99.2 Å². The zero-order valence-corrected chi connectivity index (χ0v) is 41.7. The van der Waals surface area contributed by atoms with Crippen LogP contribution in [-0.4, -0.2) is 30.1 Å². The summed E-state index contributed by atoms with van der Waals surface area (Å²) in [5.41, 5.74) is -2.40. The number of anilines is 1. The third-order valence-electron chi connectivity index (χ3n) is 12.5. The van der Waals surface area contributed by atoms with Crippen LogP contribution in [0.1, 0.15) is 45.4 Å². The fourth-order valence-electron chi connectivity index (χ4n) is 9.56. The Kier molecular flexibility index (Phi) is 18.6. The maximum absolute atomic E-state index is 15.4. The average molecular weight is 1150 g/mol. The minimum Gasteiger partial charge on any atom is -0.337 e. The molecule has 0 aliphatic carbocycles. The number of halogens is 20. The van der Waals surface area contributed by atoms with Gasteiger partial charge in [-0.1, -0.05) is 93.5 Å². The molecule has 24 heteroatoms. The zero-order valence-electron chi connectivity index (χ0n) is 40.7. The third-order valence-corrected chi connectivity index (χ3v) is 12.5. The van der Waals surface area contributed by atoms with Crippen molar-refractivity contribution >= 4 is 45.7 Å². The van der Waals surface area contributed by atoms with Gasteiger partial charge in [0.05, 0.1) is 13.1 Å². The summed E-state index contributed by atoms with van der Waals surface area (Å²) in [5, 5.41) is 0. The summed E-state index contributed by atoms with van der Waals surface area (Å²) in [6, 6.07) is 19.3. The summed E-state index contributed by atoms with van der Waals surface area (Å²) in [4.78, 5) is 2.31. The first kappa shape index (κ1) is 61.0. The van der Waals surface area contributed by atoms with E-state index in [1.54, 1.807) is 0 Å². The van der Waals surface area contributed by atoms with E-state index in [0.717, 1.165) is 19.5 Å². The van der Waals surface area contributed by atoms with Crippen molar-refractivity contribution in [1.82, 2.24) is 0 Å². The second kappa shape index (κ2) is 23.4. The standard InChI is InChI=1S/C24BF20.C22H28N2.C7H8.Ni/c26-5-1(6(27)14(35)21(42)13(5)34)25(2-7(28)15(36)22(43)16(37)8(2)29,3-9(30)17(38)23(44)18(39)10(3)31)4-11(32)19(40)24(45)20(41)12(4)33;1-15-10-17(3)21(18(4)11-15)23-8-7-9-24(14-23)22-19(5)12-16(2)13-20(22)6;1-7-5-3-2-4-6-7;/h;10-13H,7-9H2,1-6H3;2-6H,1H3;/q-1;;;. The Balaban J connectivity index is 0.000000282. The second-order valence-corrected chi connectivity index (χ2v) is 17.7. The van der Waals surface area contributed by atoms with Crippen LogP contribution in [0.3, 0.4) is 0 Å². The van der Waals surface area contributed by atoms with E-state index in [9.17, 15) is 52.7 Å². The van der Waals surface area contributed by atoms with E-state index in [2.05, 4.69) is 101 Å². The fourth-order valence-corrected chi connectivity index (χ4v) is 9.56. The van der Waals surface area contributed by atoms with Gasteiger partial charge >= 0.3 is 0 Å². The Labute approximate surface area is 436 Å². The summed E-state index contributed by atoms with van der Waals surface area (Å²) in [6.07, 6.45) is -2.42. The summed E-state index contributed by atoms with van der Waals surface area (Å²) in [5.74, 6) is -71.4. The molecule has 8 rings (SSSR count).